The second kappa shape index (κ2) is 8.76. The Morgan fingerprint density at radius 1 is 1.11 bits per heavy atom. The van der Waals surface area contributed by atoms with Crippen molar-refractivity contribution in [2.45, 2.75) is 32.2 Å². The zero-order chi connectivity index (χ0) is 19.4. The van der Waals surface area contributed by atoms with Crippen molar-refractivity contribution in [3.05, 3.63) is 45.5 Å². The molecular formula is C19H21Cl2N3O3. The molecule has 0 saturated heterocycles. The number of carbonyl (C=O) groups excluding carboxylic acids is 1. The summed E-state index contributed by atoms with van der Waals surface area (Å²) in [6.07, 6.45) is 5.85. The molecule has 0 aliphatic carbocycles. The van der Waals surface area contributed by atoms with Crippen LogP contribution in [0.15, 0.2) is 18.5 Å². The van der Waals surface area contributed by atoms with Gasteiger partial charge in [-0.1, -0.05) is 23.2 Å². The van der Waals surface area contributed by atoms with Crippen LogP contribution in [0, 0.1) is 0 Å². The van der Waals surface area contributed by atoms with Crippen molar-refractivity contribution < 1.29 is 14.3 Å². The van der Waals surface area contributed by atoms with Gasteiger partial charge in [0.2, 0.25) is 5.91 Å². The highest BCUT2D eigenvalue weighted by molar-refractivity contribution is 6.37. The second-order valence-electron chi connectivity index (χ2n) is 6.24. The van der Waals surface area contributed by atoms with E-state index in [1.165, 1.54) is 14.2 Å². The Morgan fingerprint density at radius 3 is 2.37 bits per heavy atom. The molecule has 0 saturated carbocycles. The predicted molar refractivity (Wildman–Crippen MR) is 104 cm³/mol. The number of benzene rings is 1. The standard InChI is InChI=1S/C19H21Cl2N3O3/c1-26-18-16(20)12-7-10-24(11-13(12)17(21)19(18)27-2)15(25)6-3-5-14-22-8-4-9-23-14/h4,8-9H,3,5-7,10-11H2,1-2H3. The molecule has 8 heteroatoms. The first-order valence-electron chi connectivity index (χ1n) is 8.71. The summed E-state index contributed by atoms with van der Waals surface area (Å²) >= 11 is 13.0. The van der Waals surface area contributed by atoms with Gasteiger partial charge in [-0.15, -0.1) is 0 Å². The number of rotatable bonds is 6. The van der Waals surface area contributed by atoms with E-state index in [0.29, 0.717) is 60.3 Å². The summed E-state index contributed by atoms with van der Waals surface area (Å²) in [5.74, 6) is 1.67. The van der Waals surface area contributed by atoms with Gasteiger partial charge in [-0.3, -0.25) is 4.79 Å². The molecule has 1 aromatic heterocycles. The quantitative estimate of drug-likeness (QED) is 0.727. The number of nitrogens with zero attached hydrogens (tertiary/aromatic N) is 3. The fourth-order valence-electron chi connectivity index (χ4n) is 3.27. The largest absolute Gasteiger partial charge is 0.491 e. The molecule has 2 heterocycles. The van der Waals surface area contributed by atoms with Crippen molar-refractivity contribution in [3.63, 3.8) is 0 Å². The lowest BCUT2D eigenvalue weighted by molar-refractivity contribution is -0.132. The van der Waals surface area contributed by atoms with E-state index in [-0.39, 0.29) is 5.91 Å². The summed E-state index contributed by atoms with van der Waals surface area (Å²) in [6, 6.07) is 1.78. The Bertz CT molecular complexity index is 831. The van der Waals surface area contributed by atoms with Crippen molar-refractivity contribution in [3.8, 4) is 11.5 Å². The van der Waals surface area contributed by atoms with E-state index in [1.807, 2.05) is 4.90 Å². The lowest BCUT2D eigenvalue weighted by Crippen LogP contribution is -2.36. The average molecular weight is 410 g/mol. The van der Waals surface area contributed by atoms with Crippen molar-refractivity contribution in [2.24, 2.45) is 0 Å². The summed E-state index contributed by atoms with van der Waals surface area (Å²) in [5.41, 5.74) is 1.74. The van der Waals surface area contributed by atoms with Crippen LogP contribution in [0.4, 0.5) is 0 Å². The minimum Gasteiger partial charge on any atom is -0.491 e. The summed E-state index contributed by atoms with van der Waals surface area (Å²) in [4.78, 5) is 22.8. The lowest BCUT2D eigenvalue weighted by Gasteiger charge is -2.31. The van der Waals surface area contributed by atoms with E-state index >= 15 is 0 Å². The minimum atomic E-state index is 0.0820. The molecule has 6 nitrogen and oxygen atoms in total. The predicted octanol–water partition coefficient (Wildman–Crippen LogP) is 3.71. The summed E-state index contributed by atoms with van der Waals surface area (Å²) < 4.78 is 10.7. The molecule has 0 radical (unpaired) electrons. The van der Waals surface area contributed by atoms with Crippen molar-refractivity contribution in [1.82, 2.24) is 14.9 Å². The number of ether oxygens (including phenoxy) is 2. The smallest absolute Gasteiger partial charge is 0.222 e. The maximum absolute atomic E-state index is 12.6. The van der Waals surface area contributed by atoms with Gasteiger partial charge in [-0.2, -0.15) is 0 Å². The van der Waals surface area contributed by atoms with E-state index < -0.39 is 0 Å². The van der Waals surface area contributed by atoms with Crippen molar-refractivity contribution in [1.29, 1.82) is 0 Å². The molecule has 1 aliphatic heterocycles. The molecule has 27 heavy (non-hydrogen) atoms. The zero-order valence-electron chi connectivity index (χ0n) is 15.3. The zero-order valence-corrected chi connectivity index (χ0v) is 16.8. The molecule has 0 atom stereocenters. The fourth-order valence-corrected chi connectivity index (χ4v) is 3.98. The van der Waals surface area contributed by atoms with Gasteiger partial charge >= 0.3 is 0 Å². The van der Waals surface area contributed by atoms with Gasteiger partial charge in [0.25, 0.3) is 0 Å². The van der Waals surface area contributed by atoms with Crippen LogP contribution in [-0.2, 0) is 24.2 Å². The summed E-state index contributed by atoms with van der Waals surface area (Å²) in [6.45, 7) is 1.01. The number of halogens is 2. The molecule has 0 N–H and O–H groups in total. The summed E-state index contributed by atoms with van der Waals surface area (Å²) in [5, 5.41) is 0.950. The van der Waals surface area contributed by atoms with Gasteiger partial charge in [0, 0.05) is 38.3 Å². The third-order valence-corrected chi connectivity index (χ3v) is 5.45. The monoisotopic (exact) mass is 409 g/mol. The van der Waals surface area contributed by atoms with Crippen LogP contribution in [0.3, 0.4) is 0 Å². The van der Waals surface area contributed by atoms with E-state index in [2.05, 4.69) is 9.97 Å². The lowest BCUT2D eigenvalue weighted by atomic mass is 9.98. The molecule has 2 aromatic rings. The van der Waals surface area contributed by atoms with Gasteiger partial charge in [-0.25, -0.2) is 9.97 Å². The molecule has 3 rings (SSSR count). The van der Waals surface area contributed by atoms with Crippen molar-refractivity contribution >= 4 is 29.1 Å². The Balaban J connectivity index is 1.70. The number of carbonyl (C=O) groups is 1. The SMILES string of the molecule is COc1c(Cl)c2c(c(Cl)c1OC)CN(C(=O)CCCc1ncccn1)CC2. The van der Waals surface area contributed by atoms with E-state index in [4.69, 9.17) is 32.7 Å². The number of hydrogen-bond donors (Lipinski definition) is 0. The number of fused-ring (bicyclic) bond motifs is 1. The van der Waals surface area contributed by atoms with Gasteiger partial charge in [0.15, 0.2) is 11.5 Å². The van der Waals surface area contributed by atoms with Crippen LogP contribution in [0.5, 0.6) is 11.5 Å². The third kappa shape index (κ3) is 4.12. The highest BCUT2D eigenvalue weighted by Crippen LogP contribution is 2.47. The minimum absolute atomic E-state index is 0.0820. The molecule has 1 amide bonds. The normalized spacial score (nSPS) is 13.3. The highest BCUT2D eigenvalue weighted by Gasteiger charge is 2.29. The van der Waals surface area contributed by atoms with E-state index in [1.54, 1.807) is 18.5 Å². The first kappa shape index (κ1) is 19.7. The van der Waals surface area contributed by atoms with Crippen LogP contribution in [0.2, 0.25) is 10.0 Å². The second-order valence-corrected chi connectivity index (χ2v) is 6.99. The van der Waals surface area contributed by atoms with Crippen LogP contribution in [0.25, 0.3) is 0 Å². The maximum Gasteiger partial charge on any atom is 0.222 e. The first-order chi connectivity index (χ1) is 13.1. The molecule has 0 fully saturated rings. The topological polar surface area (TPSA) is 64.6 Å². The number of amides is 1. The maximum atomic E-state index is 12.6. The number of methoxy groups -OCH3 is 2. The molecule has 144 valence electrons. The fraction of sp³-hybridized carbons (Fsp3) is 0.421. The molecule has 0 spiro atoms. The van der Waals surface area contributed by atoms with Crippen LogP contribution in [-0.4, -0.2) is 41.5 Å². The average Bonchev–Trinajstić information content (AvgIpc) is 2.70. The van der Waals surface area contributed by atoms with Gasteiger partial charge < -0.3 is 14.4 Å². The first-order valence-corrected chi connectivity index (χ1v) is 9.46. The molecule has 1 aromatic carbocycles. The Labute approximate surface area is 168 Å². The molecular weight excluding hydrogens is 389 g/mol. The molecule has 0 bridgehead atoms. The highest BCUT2D eigenvalue weighted by atomic mass is 35.5. The summed E-state index contributed by atoms with van der Waals surface area (Å²) in [7, 11) is 3.05. The Kier molecular flexibility index (Phi) is 6.39. The molecule has 0 unspecified atom stereocenters. The van der Waals surface area contributed by atoms with Gasteiger partial charge in [0.05, 0.1) is 24.3 Å². The number of hydrogen-bond acceptors (Lipinski definition) is 5. The van der Waals surface area contributed by atoms with Gasteiger partial charge in [-0.05, 0) is 30.0 Å². The van der Waals surface area contributed by atoms with E-state index in [9.17, 15) is 4.79 Å². The number of aryl methyl sites for hydroxylation is 1. The van der Waals surface area contributed by atoms with E-state index in [0.717, 1.165) is 17.0 Å². The van der Waals surface area contributed by atoms with Crippen LogP contribution in [0.1, 0.15) is 29.8 Å². The van der Waals surface area contributed by atoms with Crippen molar-refractivity contribution in [2.75, 3.05) is 20.8 Å². The van der Waals surface area contributed by atoms with Crippen LogP contribution < -0.4 is 9.47 Å². The van der Waals surface area contributed by atoms with Gasteiger partial charge in [0.1, 0.15) is 5.82 Å². The number of aromatic nitrogens is 2. The third-order valence-electron chi connectivity index (χ3n) is 4.65. The Hall–Kier alpha value is -2.05. The Morgan fingerprint density at radius 2 is 1.74 bits per heavy atom. The van der Waals surface area contributed by atoms with Crippen LogP contribution >= 0.6 is 23.2 Å². The molecule has 1 aliphatic rings.